The molecule has 2 aromatic rings. The number of aromatic nitrogens is 1. The van der Waals surface area contributed by atoms with Crippen LogP contribution in [0.3, 0.4) is 0 Å². The van der Waals surface area contributed by atoms with E-state index in [1.807, 2.05) is 4.90 Å². The summed E-state index contributed by atoms with van der Waals surface area (Å²) in [5.41, 5.74) is 4.96. The molecule has 3 heterocycles. The number of hydrogen-bond donors (Lipinski definition) is 1. The number of hydrogen-bond acceptors (Lipinski definition) is 6. The van der Waals surface area contributed by atoms with Crippen LogP contribution >= 0.6 is 0 Å². The van der Waals surface area contributed by atoms with E-state index in [1.54, 1.807) is 6.07 Å². The van der Waals surface area contributed by atoms with Crippen LogP contribution in [0.4, 0.5) is 4.39 Å². The fourth-order valence-corrected chi connectivity index (χ4v) is 5.78. The molecule has 1 aromatic carbocycles. The molecule has 0 amide bonds. The second-order valence-electron chi connectivity index (χ2n) is 10.3. The maximum Gasteiger partial charge on any atom is 0.325 e. The highest BCUT2D eigenvalue weighted by Gasteiger charge is 2.37. The van der Waals surface area contributed by atoms with Gasteiger partial charge in [0, 0.05) is 31.1 Å². The fourth-order valence-electron chi connectivity index (χ4n) is 5.78. The highest BCUT2D eigenvalue weighted by Crippen LogP contribution is 2.34. The predicted octanol–water partition coefficient (Wildman–Crippen LogP) is 4.43. The Morgan fingerprint density at radius 1 is 1.19 bits per heavy atom. The number of unbranched alkanes of at least 4 members (excludes halogenated alkanes) is 1. The van der Waals surface area contributed by atoms with Gasteiger partial charge >= 0.3 is 5.97 Å². The minimum absolute atomic E-state index is 0.0324. The zero-order valence-electron chi connectivity index (χ0n) is 21.4. The van der Waals surface area contributed by atoms with E-state index in [2.05, 4.69) is 12.1 Å². The number of carboxylic acids is 1. The molecule has 1 aromatic heterocycles. The standard InChI is InChI=1S/C29H37FN2O5/c30-21-9-11-24(27-19-35-15-16-37-27)25(17-21)28(29(33)34)32-13-12-23(18-32)36-14-4-3-6-22-10-8-20-5-1-2-7-26(20)31-22/h8-11,17,23,27-28H,1-7,12-16,18-19H2,(H,33,34)/t23-,27?,28?/m1/s1. The van der Waals surface area contributed by atoms with Crippen LogP contribution in [0.5, 0.6) is 0 Å². The number of carboxylic acid groups (broad SMARTS) is 1. The normalized spacial score (nSPS) is 23.1. The Hall–Kier alpha value is -2.39. The number of carbonyl (C=O) groups is 1. The second kappa shape index (κ2) is 12.4. The molecule has 0 radical (unpaired) electrons. The first-order chi connectivity index (χ1) is 18.1. The lowest BCUT2D eigenvalue weighted by Gasteiger charge is -2.30. The average Bonchev–Trinajstić information content (AvgIpc) is 3.37. The Labute approximate surface area is 217 Å². The molecule has 2 fully saturated rings. The number of fused-ring (bicyclic) bond motifs is 1. The number of rotatable bonds is 10. The summed E-state index contributed by atoms with van der Waals surface area (Å²) in [6.45, 7) is 2.99. The molecule has 2 unspecified atom stereocenters. The number of halogens is 1. The summed E-state index contributed by atoms with van der Waals surface area (Å²) in [7, 11) is 0. The van der Waals surface area contributed by atoms with Crippen LogP contribution in [-0.4, -0.2) is 66.6 Å². The van der Waals surface area contributed by atoms with E-state index in [1.165, 1.54) is 36.2 Å². The van der Waals surface area contributed by atoms with Crippen molar-refractivity contribution in [3.63, 3.8) is 0 Å². The third-order valence-corrected chi connectivity index (χ3v) is 7.70. The Balaban J connectivity index is 1.13. The lowest BCUT2D eigenvalue weighted by Crippen LogP contribution is -2.35. The number of likely N-dealkylation sites (tertiary alicyclic amines) is 1. The van der Waals surface area contributed by atoms with Gasteiger partial charge in [-0.2, -0.15) is 0 Å². The van der Waals surface area contributed by atoms with E-state index >= 15 is 0 Å². The lowest BCUT2D eigenvalue weighted by atomic mass is 9.95. The number of ether oxygens (including phenoxy) is 3. The molecule has 1 N–H and O–H groups in total. The van der Waals surface area contributed by atoms with Crippen molar-refractivity contribution in [1.29, 1.82) is 0 Å². The minimum Gasteiger partial charge on any atom is -0.480 e. The molecule has 0 saturated carbocycles. The predicted molar refractivity (Wildman–Crippen MR) is 136 cm³/mol. The molecular formula is C29H37FN2O5. The molecule has 5 rings (SSSR count). The van der Waals surface area contributed by atoms with Gasteiger partial charge in [0.05, 0.1) is 25.9 Å². The molecule has 2 aliphatic heterocycles. The molecule has 3 aliphatic rings. The molecule has 0 bridgehead atoms. The summed E-state index contributed by atoms with van der Waals surface area (Å²) >= 11 is 0. The molecule has 1 aliphatic carbocycles. The molecule has 200 valence electrons. The van der Waals surface area contributed by atoms with Gasteiger partial charge in [-0.05, 0) is 86.3 Å². The van der Waals surface area contributed by atoms with Gasteiger partial charge in [0.25, 0.3) is 0 Å². The van der Waals surface area contributed by atoms with Crippen molar-refractivity contribution >= 4 is 5.97 Å². The van der Waals surface area contributed by atoms with Crippen LogP contribution in [0.2, 0.25) is 0 Å². The molecule has 8 heteroatoms. The van der Waals surface area contributed by atoms with Gasteiger partial charge in [0.2, 0.25) is 0 Å². The van der Waals surface area contributed by atoms with Crippen molar-refractivity contribution < 1.29 is 28.5 Å². The van der Waals surface area contributed by atoms with Crippen molar-refractivity contribution in [1.82, 2.24) is 9.88 Å². The first-order valence-corrected chi connectivity index (χ1v) is 13.6. The summed E-state index contributed by atoms with van der Waals surface area (Å²) in [5.74, 6) is -1.45. The first-order valence-electron chi connectivity index (χ1n) is 13.6. The topological polar surface area (TPSA) is 81.1 Å². The maximum absolute atomic E-state index is 14.2. The number of pyridine rings is 1. The number of benzene rings is 1. The summed E-state index contributed by atoms with van der Waals surface area (Å²) in [4.78, 5) is 19.1. The average molecular weight is 513 g/mol. The van der Waals surface area contributed by atoms with Gasteiger partial charge in [0.15, 0.2) is 0 Å². The minimum atomic E-state index is -0.998. The monoisotopic (exact) mass is 512 g/mol. The fraction of sp³-hybridized carbons (Fsp3) is 0.586. The Morgan fingerprint density at radius 2 is 2.08 bits per heavy atom. The SMILES string of the molecule is O=C(O)C(c1cc(F)ccc1C1COCCO1)N1CC[C@@H](OCCCCc2ccc3c(n2)CCCC3)C1. The van der Waals surface area contributed by atoms with Gasteiger partial charge in [-0.25, -0.2) is 4.39 Å². The van der Waals surface area contributed by atoms with Crippen molar-refractivity contribution in [2.45, 2.75) is 69.6 Å². The highest BCUT2D eigenvalue weighted by atomic mass is 19.1. The second-order valence-corrected chi connectivity index (χ2v) is 10.3. The third kappa shape index (κ3) is 6.55. The first kappa shape index (κ1) is 26.2. The molecule has 7 nitrogen and oxygen atoms in total. The molecule has 2 saturated heterocycles. The van der Waals surface area contributed by atoms with Crippen LogP contribution in [-0.2, 0) is 38.3 Å². The summed E-state index contributed by atoms with van der Waals surface area (Å²) < 4.78 is 31.7. The van der Waals surface area contributed by atoms with Gasteiger partial charge in [-0.1, -0.05) is 12.1 Å². The summed E-state index contributed by atoms with van der Waals surface area (Å²) in [5, 5.41) is 10.1. The van der Waals surface area contributed by atoms with E-state index < -0.39 is 23.9 Å². The van der Waals surface area contributed by atoms with E-state index in [9.17, 15) is 14.3 Å². The number of aryl methyl sites for hydroxylation is 3. The largest absolute Gasteiger partial charge is 0.480 e. The van der Waals surface area contributed by atoms with Crippen LogP contribution < -0.4 is 0 Å². The maximum atomic E-state index is 14.2. The van der Waals surface area contributed by atoms with Gasteiger partial charge in [0.1, 0.15) is 18.0 Å². The molecular weight excluding hydrogens is 475 g/mol. The number of aliphatic carboxylic acids is 1. The van der Waals surface area contributed by atoms with Crippen LogP contribution in [0.25, 0.3) is 0 Å². The van der Waals surface area contributed by atoms with Gasteiger partial charge in [-0.3, -0.25) is 14.7 Å². The van der Waals surface area contributed by atoms with E-state index in [0.717, 1.165) is 44.2 Å². The van der Waals surface area contributed by atoms with Crippen LogP contribution in [0, 0.1) is 5.82 Å². The number of nitrogens with zero attached hydrogens (tertiary/aromatic N) is 2. The Kier molecular flexibility index (Phi) is 8.81. The molecule has 37 heavy (non-hydrogen) atoms. The third-order valence-electron chi connectivity index (χ3n) is 7.70. The quantitative estimate of drug-likeness (QED) is 0.472. The van der Waals surface area contributed by atoms with Crippen molar-refractivity contribution in [2.24, 2.45) is 0 Å². The lowest BCUT2D eigenvalue weighted by molar-refractivity contribution is -0.143. The van der Waals surface area contributed by atoms with Crippen LogP contribution in [0.15, 0.2) is 30.3 Å². The van der Waals surface area contributed by atoms with Crippen molar-refractivity contribution in [3.05, 3.63) is 64.2 Å². The highest BCUT2D eigenvalue weighted by molar-refractivity contribution is 5.76. The zero-order valence-corrected chi connectivity index (χ0v) is 21.4. The Bertz CT molecular complexity index is 1070. The Morgan fingerprint density at radius 3 is 2.92 bits per heavy atom. The van der Waals surface area contributed by atoms with Gasteiger partial charge in [-0.15, -0.1) is 0 Å². The van der Waals surface area contributed by atoms with E-state index in [0.29, 0.717) is 50.6 Å². The smallest absolute Gasteiger partial charge is 0.325 e. The van der Waals surface area contributed by atoms with Gasteiger partial charge < -0.3 is 19.3 Å². The zero-order chi connectivity index (χ0) is 25.6. The van der Waals surface area contributed by atoms with E-state index in [4.69, 9.17) is 19.2 Å². The summed E-state index contributed by atoms with van der Waals surface area (Å²) in [6, 6.07) is 7.76. The molecule has 3 atom stereocenters. The van der Waals surface area contributed by atoms with Crippen molar-refractivity contribution in [2.75, 3.05) is 39.5 Å². The van der Waals surface area contributed by atoms with Crippen molar-refractivity contribution in [3.8, 4) is 0 Å². The van der Waals surface area contributed by atoms with E-state index in [-0.39, 0.29) is 6.10 Å². The summed E-state index contributed by atoms with van der Waals surface area (Å²) in [6.07, 6.45) is 7.97. The molecule has 0 spiro atoms. The van der Waals surface area contributed by atoms with Crippen LogP contribution in [0.1, 0.15) is 72.3 Å².